The summed E-state index contributed by atoms with van der Waals surface area (Å²) in [5.41, 5.74) is 12.7. The van der Waals surface area contributed by atoms with E-state index < -0.39 is 12.0 Å². The Balaban J connectivity index is 2.31. The zero-order chi connectivity index (χ0) is 22.2. The molecular weight excluding hydrogens is 380 g/mol. The zero-order valence-corrected chi connectivity index (χ0v) is 18.2. The van der Waals surface area contributed by atoms with Crippen LogP contribution in [0.25, 0.3) is 6.08 Å². The summed E-state index contributed by atoms with van der Waals surface area (Å²) in [6.07, 6.45) is 8.35. The molecule has 0 aliphatic carbocycles. The summed E-state index contributed by atoms with van der Waals surface area (Å²) in [4.78, 5) is 23.6. The lowest BCUT2D eigenvalue weighted by Crippen LogP contribution is -2.33. The van der Waals surface area contributed by atoms with E-state index in [9.17, 15) is 14.7 Å². The van der Waals surface area contributed by atoms with E-state index in [1.165, 1.54) is 0 Å². The molecule has 0 radical (unpaired) electrons. The number of aliphatic carboxylic acids is 1. The van der Waals surface area contributed by atoms with Crippen molar-refractivity contribution in [2.24, 2.45) is 17.4 Å². The minimum atomic E-state index is -0.859. The topological polar surface area (TPSA) is 116 Å². The van der Waals surface area contributed by atoms with E-state index in [2.05, 4.69) is 6.92 Å². The van der Waals surface area contributed by atoms with Crippen molar-refractivity contribution >= 4 is 17.8 Å². The van der Waals surface area contributed by atoms with Crippen LogP contribution in [0, 0.1) is 5.92 Å². The molecule has 0 saturated carbocycles. The number of rotatable bonds is 17. The van der Waals surface area contributed by atoms with Gasteiger partial charge in [0.2, 0.25) is 0 Å². The number of nitrogens with two attached hydrogens (primary N) is 2. The Kier molecular flexibility index (Phi) is 13.7. The third-order valence-corrected chi connectivity index (χ3v) is 5.28. The highest BCUT2D eigenvalue weighted by molar-refractivity contribution is 5.92. The van der Waals surface area contributed by atoms with E-state index in [1.54, 1.807) is 6.08 Å². The summed E-state index contributed by atoms with van der Waals surface area (Å²) in [6.45, 7) is 3.29. The number of unbranched alkanes of at least 4 members (excludes halogenated alkanes) is 2. The highest BCUT2D eigenvalue weighted by atomic mass is 16.5. The van der Waals surface area contributed by atoms with Gasteiger partial charge in [0.05, 0.1) is 6.04 Å². The van der Waals surface area contributed by atoms with Crippen molar-refractivity contribution in [3.05, 3.63) is 41.5 Å². The smallest absolute Gasteiger partial charge is 0.331 e. The molecule has 0 aliphatic rings. The van der Waals surface area contributed by atoms with Crippen molar-refractivity contribution in [2.75, 3.05) is 19.8 Å². The summed E-state index contributed by atoms with van der Waals surface area (Å²) < 4.78 is 5.48. The van der Waals surface area contributed by atoms with E-state index in [4.69, 9.17) is 16.2 Å². The summed E-state index contributed by atoms with van der Waals surface area (Å²) in [6, 6.07) is 9.07. The number of carboxylic acids is 1. The SMILES string of the molecule is CCC(CCCCOCC(=O)[C@@H](N)CCCCN)CC(=Cc1ccccc1)C(=O)O. The Morgan fingerprint density at radius 3 is 2.43 bits per heavy atom. The quantitative estimate of drug-likeness (QED) is 0.262. The van der Waals surface area contributed by atoms with E-state index in [0.29, 0.717) is 37.5 Å². The van der Waals surface area contributed by atoms with Crippen LogP contribution in [0.2, 0.25) is 0 Å². The van der Waals surface area contributed by atoms with Crippen molar-refractivity contribution in [1.29, 1.82) is 0 Å². The Morgan fingerprint density at radius 2 is 1.80 bits per heavy atom. The van der Waals surface area contributed by atoms with Crippen molar-refractivity contribution < 1.29 is 19.4 Å². The van der Waals surface area contributed by atoms with Gasteiger partial charge >= 0.3 is 5.97 Å². The lowest BCUT2D eigenvalue weighted by molar-refractivity contribution is -0.132. The van der Waals surface area contributed by atoms with Crippen LogP contribution in [0.3, 0.4) is 0 Å². The van der Waals surface area contributed by atoms with Gasteiger partial charge in [-0.25, -0.2) is 4.79 Å². The molecule has 0 fully saturated rings. The molecule has 1 aromatic carbocycles. The first-order valence-corrected chi connectivity index (χ1v) is 11.0. The second-order valence-electron chi connectivity index (χ2n) is 7.77. The standard InChI is InChI=1S/C24H38N2O4/c1-2-19(16-21(24(28)29)17-20-11-4-3-5-12-20)10-7-9-15-30-18-23(27)22(26)13-6-8-14-25/h3-5,11-12,17,19,22H,2,6-10,13-16,18,25-26H2,1H3,(H,28,29)/t19?,22-/m0/s1. The van der Waals surface area contributed by atoms with Crippen molar-refractivity contribution in [3.8, 4) is 0 Å². The maximum atomic E-state index is 11.9. The molecule has 5 N–H and O–H groups in total. The van der Waals surface area contributed by atoms with Crippen molar-refractivity contribution in [3.63, 3.8) is 0 Å². The molecule has 6 nitrogen and oxygen atoms in total. The molecule has 6 heteroatoms. The monoisotopic (exact) mass is 418 g/mol. The first kappa shape index (κ1) is 26.0. The maximum Gasteiger partial charge on any atom is 0.331 e. The predicted octanol–water partition coefficient (Wildman–Crippen LogP) is 3.78. The molecule has 1 aromatic rings. The van der Waals surface area contributed by atoms with Gasteiger partial charge in [-0.1, -0.05) is 62.9 Å². The predicted molar refractivity (Wildman–Crippen MR) is 121 cm³/mol. The Morgan fingerprint density at radius 1 is 1.10 bits per heavy atom. The van der Waals surface area contributed by atoms with Crippen molar-refractivity contribution in [1.82, 2.24) is 0 Å². The lowest BCUT2D eigenvalue weighted by Gasteiger charge is -2.15. The number of ether oxygens (including phenoxy) is 1. The number of carbonyl (C=O) groups is 2. The Hall–Kier alpha value is -2.02. The normalized spacial score (nSPS) is 13.8. The van der Waals surface area contributed by atoms with Gasteiger partial charge in [-0.2, -0.15) is 0 Å². The van der Waals surface area contributed by atoms with Gasteiger partial charge in [0.25, 0.3) is 0 Å². The largest absolute Gasteiger partial charge is 0.478 e. The molecule has 2 atom stereocenters. The van der Waals surface area contributed by atoms with Crippen LogP contribution in [0.4, 0.5) is 0 Å². The second kappa shape index (κ2) is 15.8. The third kappa shape index (κ3) is 11.2. The van der Waals surface area contributed by atoms with Gasteiger partial charge in [-0.15, -0.1) is 0 Å². The molecule has 168 valence electrons. The van der Waals surface area contributed by atoms with E-state index in [-0.39, 0.29) is 12.4 Å². The molecule has 0 aliphatic heterocycles. The Labute approximate surface area is 180 Å². The van der Waals surface area contributed by atoms with Gasteiger partial charge < -0.3 is 21.3 Å². The molecule has 0 heterocycles. The first-order valence-electron chi connectivity index (χ1n) is 11.0. The second-order valence-corrected chi connectivity index (χ2v) is 7.77. The third-order valence-electron chi connectivity index (χ3n) is 5.28. The molecule has 0 amide bonds. The molecule has 0 bridgehead atoms. The van der Waals surface area contributed by atoms with Crippen LogP contribution >= 0.6 is 0 Å². The number of carbonyl (C=O) groups excluding carboxylic acids is 1. The van der Waals surface area contributed by atoms with Gasteiger partial charge in [-0.05, 0) is 49.8 Å². The molecule has 1 rings (SSSR count). The average molecular weight is 419 g/mol. The molecule has 0 aromatic heterocycles. The number of benzene rings is 1. The van der Waals surface area contributed by atoms with Gasteiger partial charge in [0.1, 0.15) is 6.61 Å². The minimum Gasteiger partial charge on any atom is -0.478 e. The van der Waals surface area contributed by atoms with Crippen LogP contribution in [0.1, 0.15) is 63.9 Å². The maximum absolute atomic E-state index is 11.9. The average Bonchev–Trinajstić information content (AvgIpc) is 2.74. The van der Waals surface area contributed by atoms with Gasteiger partial charge in [0, 0.05) is 12.2 Å². The summed E-state index contributed by atoms with van der Waals surface area (Å²) in [5.74, 6) is -0.605. The molecular formula is C24H38N2O4. The van der Waals surface area contributed by atoms with Crippen LogP contribution in [0.5, 0.6) is 0 Å². The summed E-state index contributed by atoms with van der Waals surface area (Å²) in [5, 5.41) is 9.55. The van der Waals surface area contributed by atoms with E-state index in [0.717, 1.165) is 44.1 Å². The van der Waals surface area contributed by atoms with Crippen LogP contribution in [0.15, 0.2) is 35.9 Å². The van der Waals surface area contributed by atoms with Gasteiger partial charge in [-0.3, -0.25) is 4.79 Å². The number of ketones is 1. The fourth-order valence-electron chi connectivity index (χ4n) is 3.31. The summed E-state index contributed by atoms with van der Waals surface area (Å²) >= 11 is 0. The molecule has 0 spiro atoms. The van der Waals surface area contributed by atoms with Crippen molar-refractivity contribution in [2.45, 2.75) is 64.3 Å². The molecule has 0 saturated heterocycles. The molecule has 30 heavy (non-hydrogen) atoms. The van der Waals surface area contributed by atoms with Gasteiger partial charge in [0.15, 0.2) is 5.78 Å². The number of hydrogen-bond donors (Lipinski definition) is 3. The van der Waals surface area contributed by atoms with Crippen LogP contribution in [-0.4, -0.2) is 42.7 Å². The number of hydrogen-bond acceptors (Lipinski definition) is 5. The minimum absolute atomic E-state index is 0.0595. The van der Waals surface area contributed by atoms with Crippen LogP contribution in [-0.2, 0) is 14.3 Å². The lowest BCUT2D eigenvalue weighted by atomic mass is 9.91. The fourth-order valence-corrected chi connectivity index (χ4v) is 3.31. The zero-order valence-electron chi connectivity index (χ0n) is 18.2. The Bertz CT molecular complexity index is 646. The fraction of sp³-hybridized carbons (Fsp3) is 0.583. The van der Waals surface area contributed by atoms with E-state index in [1.807, 2.05) is 30.3 Å². The van der Waals surface area contributed by atoms with E-state index >= 15 is 0 Å². The number of carboxylic acid groups (broad SMARTS) is 1. The highest BCUT2D eigenvalue weighted by Crippen LogP contribution is 2.23. The number of Topliss-reactive ketones (excluding diaryl/α,β-unsaturated/α-hetero) is 1. The highest BCUT2D eigenvalue weighted by Gasteiger charge is 2.15. The first-order chi connectivity index (χ1) is 14.5. The molecule has 1 unspecified atom stereocenters. The summed E-state index contributed by atoms with van der Waals surface area (Å²) in [7, 11) is 0. The van der Waals surface area contributed by atoms with Crippen LogP contribution < -0.4 is 11.5 Å².